The molecule has 2 rings (SSSR count). The summed E-state index contributed by atoms with van der Waals surface area (Å²) in [6.07, 6.45) is 4.75. The Labute approximate surface area is 92.2 Å². The summed E-state index contributed by atoms with van der Waals surface area (Å²) >= 11 is 3.56. The van der Waals surface area contributed by atoms with Crippen LogP contribution in [0.15, 0.2) is 12.2 Å². The fraction of sp³-hybridized carbons (Fsp3) is 0.800. The van der Waals surface area contributed by atoms with Gasteiger partial charge in [-0.15, -0.1) is 0 Å². The van der Waals surface area contributed by atoms with Crippen LogP contribution in [0.25, 0.3) is 0 Å². The normalized spacial score (nSPS) is 45.1. The molecule has 0 spiro atoms. The SMILES string of the molecule is CC1(C)O[C@@H]2C(Br)CC=C[C@]2(CO)O1. The fourth-order valence-corrected chi connectivity index (χ4v) is 2.92. The predicted octanol–water partition coefficient (Wildman–Crippen LogP) is 1.59. The molecule has 1 saturated heterocycles. The first-order chi connectivity index (χ1) is 6.49. The highest BCUT2D eigenvalue weighted by molar-refractivity contribution is 9.09. The number of hydrogen-bond acceptors (Lipinski definition) is 3. The molecule has 2 aliphatic rings. The highest BCUT2D eigenvalue weighted by Gasteiger charge is 2.55. The number of aliphatic hydroxyl groups excluding tert-OH is 1. The highest BCUT2D eigenvalue weighted by Crippen LogP contribution is 2.43. The summed E-state index contributed by atoms with van der Waals surface area (Å²) < 4.78 is 11.5. The van der Waals surface area contributed by atoms with Crippen molar-refractivity contribution in [2.24, 2.45) is 0 Å². The zero-order valence-corrected chi connectivity index (χ0v) is 9.95. The van der Waals surface area contributed by atoms with Crippen LogP contribution in [0.3, 0.4) is 0 Å². The average molecular weight is 263 g/mol. The van der Waals surface area contributed by atoms with E-state index in [0.717, 1.165) is 6.42 Å². The Morgan fingerprint density at radius 3 is 2.86 bits per heavy atom. The first-order valence-corrected chi connectivity index (χ1v) is 5.71. The molecule has 3 atom stereocenters. The number of alkyl halides is 1. The minimum absolute atomic E-state index is 0.0420. The van der Waals surface area contributed by atoms with E-state index in [1.165, 1.54) is 0 Å². The van der Waals surface area contributed by atoms with Crippen molar-refractivity contribution < 1.29 is 14.6 Å². The number of hydrogen-bond donors (Lipinski definition) is 1. The molecule has 0 saturated carbocycles. The van der Waals surface area contributed by atoms with Crippen LogP contribution in [0.2, 0.25) is 0 Å². The summed E-state index contributed by atoms with van der Waals surface area (Å²) in [4.78, 5) is 0.210. The number of fused-ring (bicyclic) bond motifs is 1. The van der Waals surface area contributed by atoms with Crippen molar-refractivity contribution in [3.63, 3.8) is 0 Å². The molecule has 0 amide bonds. The van der Waals surface area contributed by atoms with E-state index in [4.69, 9.17) is 9.47 Å². The molecule has 1 aliphatic heterocycles. The van der Waals surface area contributed by atoms with Crippen LogP contribution in [0.5, 0.6) is 0 Å². The van der Waals surface area contributed by atoms with Gasteiger partial charge < -0.3 is 14.6 Å². The molecule has 0 aromatic rings. The third-order valence-corrected chi connectivity index (χ3v) is 3.52. The van der Waals surface area contributed by atoms with Gasteiger partial charge in [0, 0.05) is 4.83 Å². The fourth-order valence-electron chi connectivity index (χ4n) is 2.15. The number of allylic oxidation sites excluding steroid dienone is 1. The van der Waals surface area contributed by atoms with Crippen molar-refractivity contribution in [3.05, 3.63) is 12.2 Å². The summed E-state index contributed by atoms with van der Waals surface area (Å²) in [5.74, 6) is -0.617. The van der Waals surface area contributed by atoms with E-state index in [-0.39, 0.29) is 17.5 Å². The van der Waals surface area contributed by atoms with Crippen LogP contribution >= 0.6 is 15.9 Å². The Morgan fingerprint density at radius 2 is 2.29 bits per heavy atom. The smallest absolute Gasteiger partial charge is 0.164 e. The van der Waals surface area contributed by atoms with E-state index in [0.29, 0.717) is 0 Å². The molecular formula is C10H15BrO3. The standard InChI is InChI=1S/C10H15BrO3/c1-9(2)13-8-7(11)4-3-5-10(8,6-12)14-9/h3,5,7-8,12H,4,6H2,1-2H3/t7?,8-,10-/m1/s1. The second-order valence-corrected chi connectivity index (χ2v) is 5.48. The first-order valence-electron chi connectivity index (χ1n) is 4.80. The average Bonchev–Trinajstić information content (AvgIpc) is 2.38. The lowest BCUT2D eigenvalue weighted by Gasteiger charge is -2.33. The Balaban J connectivity index is 2.33. The summed E-state index contributed by atoms with van der Waals surface area (Å²) in [6.45, 7) is 3.70. The largest absolute Gasteiger partial charge is 0.393 e. The maximum absolute atomic E-state index is 9.42. The number of aliphatic hydroxyl groups is 1. The quantitative estimate of drug-likeness (QED) is 0.576. The minimum atomic E-state index is -0.657. The van der Waals surface area contributed by atoms with E-state index < -0.39 is 11.4 Å². The van der Waals surface area contributed by atoms with Gasteiger partial charge in [0.05, 0.1) is 6.61 Å². The Kier molecular flexibility index (Phi) is 2.50. The second kappa shape index (κ2) is 3.30. The van der Waals surface area contributed by atoms with Gasteiger partial charge in [0.25, 0.3) is 0 Å². The lowest BCUT2D eigenvalue weighted by molar-refractivity contribution is -0.160. The molecule has 1 aliphatic carbocycles. The van der Waals surface area contributed by atoms with Crippen molar-refractivity contribution in [1.29, 1.82) is 0 Å². The lowest BCUT2D eigenvalue weighted by atomic mass is 9.89. The van der Waals surface area contributed by atoms with Gasteiger partial charge in [-0.3, -0.25) is 0 Å². The van der Waals surface area contributed by atoms with Gasteiger partial charge >= 0.3 is 0 Å². The van der Waals surface area contributed by atoms with E-state index in [1.54, 1.807) is 0 Å². The van der Waals surface area contributed by atoms with Crippen LogP contribution < -0.4 is 0 Å². The first kappa shape index (κ1) is 10.6. The van der Waals surface area contributed by atoms with Crippen molar-refractivity contribution >= 4 is 15.9 Å². The zero-order chi connectivity index (χ0) is 10.4. The molecule has 80 valence electrons. The van der Waals surface area contributed by atoms with Crippen molar-refractivity contribution in [3.8, 4) is 0 Å². The number of ether oxygens (including phenoxy) is 2. The summed E-state index contributed by atoms with van der Waals surface area (Å²) in [6, 6.07) is 0. The number of rotatable bonds is 1. The Morgan fingerprint density at radius 1 is 1.57 bits per heavy atom. The zero-order valence-electron chi connectivity index (χ0n) is 8.37. The molecule has 4 heteroatoms. The third-order valence-electron chi connectivity index (χ3n) is 2.67. The van der Waals surface area contributed by atoms with Crippen molar-refractivity contribution in [2.75, 3.05) is 6.61 Å². The topological polar surface area (TPSA) is 38.7 Å². The predicted molar refractivity (Wildman–Crippen MR) is 56.3 cm³/mol. The molecule has 1 heterocycles. The minimum Gasteiger partial charge on any atom is -0.393 e. The molecule has 0 bridgehead atoms. The lowest BCUT2D eigenvalue weighted by Crippen LogP contribution is -2.48. The Bertz CT molecular complexity index is 264. The van der Waals surface area contributed by atoms with Gasteiger partial charge in [0.2, 0.25) is 0 Å². The summed E-state index contributed by atoms with van der Waals surface area (Å²) in [7, 11) is 0. The van der Waals surface area contributed by atoms with Crippen LogP contribution in [0.1, 0.15) is 20.3 Å². The molecule has 0 aromatic heterocycles. The molecule has 1 fully saturated rings. The Hall–Kier alpha value is 0.100. The molecule has 14 heavy (non-hydrogen) atoms. The van der Waals surface area contributed by atoms with E-state index in [9.17, 15) is 5.11 Å². The molecule has 3 nitrogen and oxygen atoms in total. The van der Waals surface area contributed by atoms with Crippen LogP contribution in [0, 0.1) is 0 Å². The van der Waals surface area contributed by atoms with Gasteiger partial charge in [0.1, 0.15) is 11.7 Å². The molecular weight excluding hydrogens is 248 g/mol. The van der Waals surface area contributed by atoms with E-state index >= 15 is 0 Å². The van der Waals surface area contributed by atoms with Gasteiger partial charge in [-0.1, -0.05) is 28.1 Å². The van der Waals surface area contributed by atoms with Gasteiger partial charge in [0.15, 0.2) is 5.79 Å². The molecule has 0 radical (unpaired) electrons. The monoisotopic (exact) mass is 262 g/mol. The van der Waals surface area contributed by atoms with Gasteiger partial charge in [-0.2, -0.15) is 0 Å². The molecule has 0 aromatic carbocycles. The van der Waals surface area contributed by atoms with Gasteiger partial charge in [-0.05, 0) is 20.3 Å². The van der Waals surface area contributed by atoms with Crippen LogP contribution in [0.4, 0.5) is 0 Å². The van der Waals surface area contributed by atoms with Crippen LogP contribution in [-0.4, -0.2) is 34.0 Å². The molecule has 1 N–H and O–H groups in total. The van der Waals surface area contributed by atoms with Crippen molar-refractivity contribution in [2.45, 2.75) is 42.6 Å². The highest BCUT2D eigenvalue weighted by atomic mass is 79.9. The summed E-state index contributed by atoms with van der Waals surface area (Å²) in [5.41, 5.74) is -0.657. The van der Waals surface area contributed by atoms with E-state index in [2.05, 4.69) is 15.9 Å². The van der Waals surface area contributed by atoms with Crippen LogP contribution in [-0.2, 0) is 9.47 Å². The maximum Gasteiger partial charge on any atom is 0.164 e. The molecule has 1 unspecified atom stereocenters. The number of halogens is 1. The maximum atomic E-state index is 9.42. The third kappa shape index (κ3) is 1.54. The van der Waals surface area contributed by atoms with Gasteiger partial charge in [-0.25, -0.2) is 0 Å². The van der Waals surface area contributed by atoms with Crippen molar-refractivity contribution in [1.82, 2.24) is 0 Å². The summed E-state index contributed by atoms with van der Waals surface area (Å²) in [5, 5.41) is 9.42. The van der Waals surface area contributed by atoms with E-state index in [1.807, 2.05) is 26.0 Å². The second-order valence-electron chi connectivity index (χ2n) is 4.31.